The molecule has 118 valence electrons. The van der Waals surface area contributed by atoms with Gasteiger partial charge in [0.25, 0.3) is 5.91 Å². The third kappa shape index (κ3) is 2.75. The average molecular weight is 320 g/mol. The lowest BCUT2D eigenvalue weighted by molar-refractivity contribution is -0.116. The van der Waals surface area contributed by atoms with Crippen molar-refractivity contribution in [3.05, 3.63) is 16.6 Å². The molecule has 1 N–H and O–H groups in total. The molecule has 0 aromatic carbocycles. The van der Waals surface area contributed by atoms with Crippen LogP contribution in [-0.2, 0) is 16.2 Å². The van der Waals surface area contributed by atoms with Gasteiger partial charge in [0.05, 0.1) is 6.54 Å². The second-order valence-electron chi connectivity index (χ2n) is 6.48. The number of amides is 1. The zero-order valence-corrected chi connectivity index (χ0v) is 13.3. The molecule has 4 rings (SSSR count). The topological polar surface area (TPSA) is 66.8 Å². The molecule has 6 nitrogen and oxygen atoms in total. The molecule has 1 aromatic heterocycles. The molecule has 1 aliphatic carbocycles. The molecular formula is C15H20N4O2S. The second-order valence-corrected chi connectivity index (χ2v) is 7.46. The summed E-state index contributed by atoms with van der Waals surface area (Å²) in [6.07, 6.45) is 6.77. The Bertz CT molecular complexity index is 584. The van der Waals surface area contributed by atoms with Crippen LogP contribution < -0.4 is 5.32 Å². The molecule has 3 heterocycles. The van der Waals surface area contributed by atoms with E-state index in [1.807, 2.05) is 11.6 Å². The number of carbonyl (C=O) groups excluding carboxylic acids is 1. The van der Waals surface area contributed by atoms with Crippen molar-refractivity contribution in [1.82, 2.24) is 15.2 Å². The zero-order chi connectivity index (χ0) is 15.0. The molecule has 2 fully saturated rings. The third-order valence-electron chi connectivity index (χ3n) is 4.78. The van der Waals surface area contributed by atoms with Gasteiger partial charge in [0.1, 0.15) is 10.7 Å². The summed E-state index contributed by atoms with van der Waals surface area (Å²) in [6, 6.07) is 0.344. The minimum Gasteiger partial charge on any atom is -0.387 e. The predicted molar refractivity (Wildman–Crippen MR) is 83.7 cm³/mol. The van der Waals surface area contributed by atoms with Crippen LogP contribution >= 0.6 is 11.3 Å². The van der Waals surface area contributed by atoms with Gasteiger partial charge in [-0.15, -0.1) is 11.3 Å². The van der Waals surface area contributed by atoms with Gasteiger partial charge in [-0.3, -0.25) is 9.69 Å². The molecule has 1 saturated carbocycles. The second kappa shape index (κ2) is 5.62. The van der Waals surface area contributed by atoms with Crippen LogP contribution in [0.2, 0.25) is 0 Å². The molecule has 0 bridgehead atoms. The highest BCUT2D eigenvalue weighted by molar-refractivity contribution is 7.09. The fourth-order valence-corrected chi connectivity index (χ4v) is 3.93. The van der Waals surface area contributed by atoms with Crippen LogP contribution in [0.15, 0.2) is 16.7 Å². The minimum atomic E-state index is -0.302. The quantitative estimate of drug-likeness (QED) is 0.914. The zero-order valence-electron chi connectivity index (χ0n) is 12.5. The van der Waals surface area contributed by atoms with Gasteiger partial charge in [0.15, 0.2) is 5.60 Å². The van der Waals surface area contributed by atoms with E-state index in [1.54, 1.807) is 11.3 Å². The van der Waals surface area contributed by atoms with E-state index < -0.39 is 0 Å². The van der Waals surface area contributed by atoms with Crippen LogP contribution in [0.25, 0.3) is 0 Å². The van der Waals surface area contributed by atoms with Crippen molar-refractivity contribution in [2.75, 3.05) is 13.1 Å². The van der Waals surface area contributed by atoms with Crippen LogP contribution in [0.5, 0.6) is 0 Å². The van der Waals surface area contributed by atoms with Crippen molar-refractivity contribution < 1.29 is 9.63 Å². The summed E-state index contributed by atoms with van der Waals surface area (Å²) in [5.74, 6) is -0.0417. The molecule has 1 atom stereocenters. The highest BCUT2D eigenvalue weighted by Crippen LogP contribution is 2.34. The average Bonchev–Trinajstić information content (AvgIpc) is 3.18. The van der Waals surface area contributed by atoms with Crippen LogP contribution in [-0.4, -0.2) is 46.2 Å². The van der Waals surface area contributed by atoms with E-state index in [0.29, 0.717) is 18.2 Å². The van der Waals surface area contributed by atoms with Gasteiger partial charge in [-0.2, -0.15) is 0 Å². The van der Waals surface area contributed by atoms with Crippen molar-refractivity contribution in [2.24, 2.45) is 5.16 Å². The van der Waals surface area contributed by atoms with E-state index in [1.165, 1.54) is 6.42 Å². The number of oxime groups is 1. The highest BCUT2D eigenvalue weighted by Gasteiger charge is 2.46. The largest absolute Gasteiger partial charge is 0.387 e. The number of carbonyl (C=O) groups is 1. The Morgan fingerprint density at radius 2 is 2.45 bits per heavy atom. The van der Waals surface area contributed by atoms with Crippen molar-refractivity contribution in [3.8, 4) is 0 Å². The fourth-order valence-electron chi connectivity index (χ4n) is 3.27. The number of nitrogens with one attached hydrogen (secondary N) is 1. The molecule has 0 radical (unpaired) electrons. The first-order chi connectivity index (χ1) is 10.7. The molecular weight excluding hydrogens is 300 g/mol. The molecule has 22 heavy (non-hydrogen) atoms. The van der Waals surface area contributed by atoms with Crippen molar-refractivity contribution >= 4 is 23.0 Å². The van der Waals surface area contributed by atoms with E-state index in [-0.39, 0.29) is 11.5 Å². The standard InChI is InChI=1S/C15H20N4O2S/c20-14(17-11-2-1-3-11)12-8-15(21-18-12)4-6-19(10-15)9-13-16-5-7-22-13/h5,7,11H,1-4,6,8-10H2,(H,17,20)/t15-/m1/s1. The summed E-state index contributed by atoms with van der Waals surface area (Å²) >= 11 is 1.68. The molecule has 0 unspecified atom stereocenters. The maximum atomic E-state index is 12.2. The molecule has 3 aliphatic rings. The van der Waals surface area contributed by atoms with E-state index in [0.717, 1.165) is 43.9 Å². The van der Waals surface area contributed by atoms with Crippen LogP contribution in [0.3, 0.4) is 0 Å². The SMILES string of the molecule is O=C(NC1CCC1)C1=NO[C@]2(CCN(Cc3nccs3)C2)C1. The normalized spacial score (nSPS) is 28.5. The molecule has 2 aliphatic heterocycles. The minimum absolute atomic E-state index is 0.0417. The summed E-state index contributed by atoms with van der Waals surface area (Å²) in [4.78, 5) is 24.5. The van der Waals surface area contributed by atoms with Gasteiger partial charge in [0, 0.05) is 43.5 Å². The lowest BCUT2D eigenvalue weighted by Gasteiger charge is -2.26. The maximum Gasteiger partial charge on any atom is 0.269 e. The number of hydrogen-bond acceptors (Lipinski definition) is 6. The smallest absolute Gasteiger partial charge is 0.269 e. The first-order valence-electron chi connectivity index (χ1n) is 7.89. The van der Waals surface area contributed by atoms with Crippen LogP contribution in [0.4, 0.5) is 0 Å². The summed E-state index contributed by atoms with van der Waals surface area (Å²) in [5.41, 5.74) is 0.256. The van der Waals surface area contributed by atoms with Gasteiger partial charge in [0.2, 0.25) is 0 Å². The summed E-state index contributed by atoms with van der Waals surface area (Å²) in [5, 5.41) is 10.2. The van der Waals surface area contributed by atoms with Gasteiger partial charge < -0.3 is 10.2 Å². The first kappa shape index (κ1) is 14.1. The molecule has 1 amide bonds. The third-order valence-corrected chi connectivity index (χ3v) is 5.54. The summed E-state index contributed by atoms with van der Waals surface area (Å²) in [7, 11) is 0. The lowest BCUT2D eigenvalue weighted by Crippen LogP contribution is -2.43. The van der Waals surface area contributed by atoms with E-state index in [4.69, 9.17) is 4.84 Å². The number of likely N-dealkylation sites (tertiary alicyclic amines) is 1. The first-order valence-corrected chi connectivity index (χ1v) is 8.77. The van der Waals surface area contributed by atoms with E-state index in [2.05, 4.69) is 20.4 Å². The number of hydrogen-bond donors (Lipinski definition) is 1. The van der Waals surface area contributed by atoms with E-state index in [9.17, 15) is 4.79 Å². The summed E-state index contributed by atoms with van der Waals surface area (Å²) < 4.78 is 0. The highest BCUT2D eigenvalue weighted by atomic mass is 32.1. The molecule has 1 saturated heterocycles. The van der Waals surface area contributed by atoms with Crippen molar-refractivity contribution in [2.45, 2.75) is 50.3 Å². The summed E-state index contributed by atoms with van der Waals surface area (Å²) in [6.45, 7) is 2.63. The van der Waals surface area contributed by atoms with Crippen LogP contribution in [0.1, 0.15) is 37.1 Å². The molecule has 7 heteroatoms. The lowest BCUT2D eigenvalue weighted by atomic mass is 9.92. The number of aromatic nitrogens is 1. The Kier molecular flexibility index (Phi) is 3.62. The molecule has 1 aromatic rings. The number of thiazole rings is 1. The fraction of sp³-hybridized carbons (Fsp3) is 0.667. The van der Waals surface area contributed by atoms with Gasteiger partial charge in [-0.25, -0.2) is 4.98 Å². The van der Waals surface area contributed by atoms with Crippen molar-refractivity contribution in [3.63, 3.8) is 0 Å². The number of nitrogens with zero attached hydrogens (tertiary/aromatic N) is 3. The monoisotopic (exact) mass is 320 g/mol. The number of rotatable bonds is 4. The van der Waals surface area contributed by atoms with Crippen molar-refractivity contribution in [1.29, 1.82) is 0 Å². The van der Waals surface area contributed by atoms with Crippen LogP contribution in [0, 0.1) is 0 Å². The van der Waals surface area contributed by atoms with Gasteiger partial charge in [-0.05, 0) is 19.3 Å². The Morgan fingerprint density at radius 3 is 3.18 bits per heavy atom. The molecule has 1 spiro atoms. The Hall–Kier alpha value is -1.47. The Morgan fingerprint density at radius 1 is 1.55 bits per heavy atom. The Labute approximate surface area is 133 Å². The maximum absolute atomic E-state index is 12.2. The van der Waals surface area contributed by atoms with Gasteiger partial charge >= 0.3 is 0 Å². The van der Waals surface area contributed by atoms with E-state index >= 15 is 0 Å². The van der Waals surface area contributed by atoms with Gasteiger partial charge in [-0.1, -0.05) is 5.16 Å². The predicted octanol–water partition coefficient (Wildman–Crippen LogP) is 1.53. The Balaban J connectivity index is 1.32.